The average Bonchev–Trinajstić information content (AvgIpc) is 2.57. The average molecular weight is 364 g/mol. The highest BCUT2D eigenvalue weighted by Crippen LogP contribution is 2.33. The summed E-state index contributed by atoms with van der Waals surface area (Å²) in [4.78, 5) is 24.3. The molecule has 0 aliphatic carbocycles. The van der Waals surface area contributed by atoms with Gasteiger partial charge in [0.15, 0.2) is 11.5 Å². The van der Waals surface area contributed by atoms with Crippen molar-refractivity contribution < 1.29 is 23.8 Å². The molecule has 7 nitrogen and oxygen atoms in total. The first-order chi connectivity index (χ1) is 12.2. The van der Waals surface area contributed by atoms with Gasteiger partial charge < -0.3 is 24.8 Å². The molecule has 1 aromatic rings. The number of hydrogen-bond donors (Lipinski definition) is 2. The highest BCUT2D eigenvalue weighted by molar-refractivity contribution is 5.85. The fourth-order valence-electron chi connectivity index (χ4n) is 2.54. The fourth-order valence-corrected chi connectivity index (χ4v) is 2.54. The molecule has 2 atom stereocenters. The number of rotatable bonds is 5. The van der Waals surface area contributed by atoms with Crippen LogP contribution in [-0.2, 0) is 9.53 Å². The molecule has 0 aromatic heterocycles. The molecule has 1 aromatic carbocycles. The maximum atomic E-state index is 12.4. The summed E-state index contributed by atoms with van der Waals surface area (Å²) in [5.41, 5.74) is 0.312. The van der Waals surface area contributed by atoms with Gasteiger partial charge in [0.2, 0.25) is 5.91 Å². The summed E-state index contributed by atoms with van der Waals surface area (Å²) in [6, 6.07) is 4.74. The molecular weight excluding hydrogens is 336 g/mol. The second kappa shape index (κ2) is 8.29. The van der Waals surface area contributed by atoms with Gasteiger partial charge in [0.25, 0.3) is 0 Å². The van der Waals surface area contributed by atoms with Gasteiger partial charge in [0.05, 0.1) is 6.04 Å². The number of ether oxygens (including phenoxy) is 3. The van der Waals surface area contributed by atoms with Crippen molar-refractivity contribution in [2.75, 3.05) is 13.2 Å². The predicted molar refractivity (Wildman–Crippen MR) is 97.4 cm³/mol. The molecular formula is C19H28N2O5. The molecule has 2 amide bonds. The zero-order valence-electron chi connectivity index (χ0n) is 16.0. The minimum absolute atomic E-state index is 0.193. The topological polar surface area (TPSA) is 85.9 Å². The van der Waals surface area contributed by atoms with Gasteiger partial charge >= 0.3 is 6.09 Å². The van der Waals surface area contributed by atoms with Gasteiger partial charge in [-0.15, -0.1) is 0 Å². The van der Waals surface area contributed by atoms with Crippen LogP contribution >= 0.6 is 0 Å². The highest BCUT2D eigenvalue weighted by atomic mass is 16.6. The van der Waals surface area contributed by atoms with E-state index in [1.165, 1.54) is 0 Å². The Morgan fingerprint density at radius 3 is 2.42 bits per heavy atom. The lowest BCUT2D eigenvalue weighted by Crippen LogP contribution is -2.47. The molecule has 26 heavy (non-hydrogen) atoms. The molecule has 144 valence electrons. The lowest BCUT2D eigenvalue weighted by atomic mass is 10.0. The molecule has 2 N–H and O–H groups in total. The molecule has 0 bridgehead atoms. The number of fused-ring (bicyclic) bond motifs is 1. The van der Waals surface area contributed by atoms with E-state index in [0.717, 1.165) is 5.56 Å². The van der Waals surface area contributed by atoms with Gasteiger partial charge in [-0.05, 0) is 51.8 Å². The lowest BCUT2D eigenvalue weighted by molar-refractivity contribution is -0.123. The second-order valence-electron chi connectivity index (χ2n) is 7.24. The predicted octanol–water partition coefficient (Wildman–Crippen LogP) is 2.94. The standard InChI is InChI=1S/C19H28N2O5/c1-6-14(13-7-8-15-16(11-13)25-10-9-24-15)21-17(22)12(2)20-18(23)26-19(3,4)5/h7-8,11-12,14H,6,9-10H2,1-5H3,(H,20,23)(H,21,22)/t12-,14?/m1/s1. The van der Waals surface area contributed by atoms with Crippen molar-refractivity contribution in [1.29, 1.82) is 0 Å². The van der Waals surface area contributed by atoms with Crippen LogP contribution < -0.4 is 20.1 Å². The SMILES string of the molecule is CCC(NC(=O)[C@@H](C)NC(=O)OC(C)(C)C)c1ccc2c(c1)OCCO2. The first kappa shape index (κ1) is 19.9. The van der Waals surface area contributed by atoms with Crippen molar-refractivity contribution in [3.8, 4) is 11.5 Å². The Morgan fingerprint density at radius 2 is 1.81 bits per heavy atom. The molecule has 1 unspecified atom stereocenters. The van der Waals surface area contributed by atoms with Crippen molar-refractivity contribution in [3.05, 3.63) is 23.8 Å². The third-order valence-corrected chi connectivity index (χ3v) is 3.82. The van der Waals surface area contributed by atoms with E-state index in [4.69, 9.17) is 14.2 Å². The summed E-state index contributed by atoms with van der Waals surface area (Å²) >= 11 is 0. The molecule has 1 aliphatic rings. The van der Waals surface area contributed by atoms with Gasteiger partial charge in [-0.1, -0.05) is 13.0 Å². The van der Waals surface area contributed by atoms with Gasteiger partial charge in [-0.3, -0.25) is 4.79 Å². The van der Waals surface area contributed by atoms with Gasteiger partial charge in [0.1, 0.15) is 24.9 Å². The number of carbonyl (C=O) groups excluding carboxylic acids is 2. The first-order valence-corrected chi connectivity index (χ1v) is 8.89. The maximum Gasteiger partial charge on any atom is 0.408 e. The lowest BCUT2D eigenvalue weighted by Gasteiger charge is -2.24. The molecule has 0 fully saturated rings. The van der Waals surface area contributed by atoms with Crippen LogP contribution in [0.25, 0.3) is 0 Å². The van der Waals surface area contributed by atoms with E-state index in [1.54, 1.807) is 27.7 Å². The number of amides is 2. The Bertz CT molecular complexity index is 654. The summed E-state index contributed by atoms with van der Waals surface area (Å²) < 4.78 is 16.3. The van der Waals surface area contributed by atoms with Gasteiger partial charge in [-0.2, -0.15) is 0 Å². The van der Waals surface area contributed by atoms with E-state index in [-0.39, 0.29) is 11.9 Å². The largest absolute Gasteiger partial charge is 0.486 e. The molecule has 0 radical (unpaired) electrons. The van der Waals surface area contributed by atoms with Crippen LogP contribution in [0.1, 0.15) is 52.6 Å². The Labute approximate surface area is 154 Å². The highest BCUT2D eigenvalue weighted by Gasteiger charge is 2.23. The summed E-state index contributed by atoms with van der Waals surface area (Å²) in [6.07, 6.45) is 0.0809. The molecule has 1 heterocycles. The summed E-state index contributed by atoms with van der Waals surface area (Å²) in [5.74, 6) is 1.11. The second-order valence-corrected chi connectivity index (χ2v) is 7.24. The molecule has 7 heteroatoms. The van der Waals surface area contributed by atoms with Crippen molar-refractivity contribution in [2.24, 2.45) is 0 Å². The van der Waals surface area contributed by atoms with Crippen LogP contribution in [-0.4, -0.2) is 36.9 Å². The fraction of sp³-hybridized carbons (Fsp3) is 0.579. The molecule has 0 saturated carbocycles. The monoisotopic (exact) mass is 364 g/mol. The van der Waals surface area contributed by atoms with Crippen LogP contribution in [0.4, 0.5) is 4.79 Å². The van der Waals surface area contributed by atoms with Crippen molar-refractivity contribution in [3.63, 3.8) is 0 Å². The Morgan fingerprint density at radius 1 is 1.15 bits per heavy atom. The normalized spacial score (nSPS) is 15.6. The number of hydrogen-bond acceptors (Lipinski definition) is 5. The van der Waals surface area contributed by atoms with Crippen LogP contribution in [0.3, 0.4) is 0 Å². The van der Waals surface area contributed by atoms with Crippen LogP contribution in [0, 0.1) is 0 Å². The zero-order chi connectivity index (χ0) is 19.3. The van der Waals surface area contributed by atoms with Crippen LogP contribution in [0.5, 0.6) is 11.5 Å². The van der Waals surface area contributed by atoms with Gasteiger partial charge in [-0.25, -0.2) is 4.79 Å². The summed E-state index contributed by atoms with van der Waals surface area (Å²) in [6.45, 7) is 9.96. The number of alkyl carbamates (subject to hydrolysis) is 1. The van der Waals surface area contributed by atoms with E-state index in [0.29, 0.717) is 31.1 Å². The molecule has 1 aliphatic heterocycles. The Kier molecular flexibility index (Phi) is 6.34. The number of nitrogens with one attached hydrogen (secondary N) is 2. The van der Waals surface area contributed by atoms with Crippen molar-refractivity contribution in [2.45, 2.75) is 58.7 Å². The third kappa shape index (κ3) is 5.54. The van der Waals surface area contributed by atoms with Crippen molar-refractivity contribution in [1.82, 2.24) is 10.6 Å². The quantitative estimate of drug-likeness (QED) is 0.839. The Balaban J connectivity index is 1.98. The van der Waals surface area contributed by atoms with E-state index in [1.807, 2.05) is 25.1 Å². The Hall–Kier alpha value is -2.44. The van der Waals surface area contributed by atoms with Gasteiger partial charge in [0, 0.05) is 0 Å². The number of benzene rings is 1. The third-order valence-electron chi connectivity index (χ3n) is 3.82. The number of carbonyl (C=O) groups is 2. The molecule has 0 spiro atoms. The minimum Gasteiger partial charge on any atom is -0.486 e. The molecule has 0 saturated heterocycles. The first-order valence-electron chi connectivity index (χ1n) is 8.89. The summed E-state index contributed by atoms with van der Waals surface area (Å²) in [7, 11) is 0. The summed E-state index contributed by atoms with van der Waals surface area (Å²) in [5, 5.41) is 5.50. The van der Waals surface area contributed by atoms with E-state index in [9.17, 15) is 9.59 Å². The van der Waals surface area contributed by atoms with Crippen LogP contribution in [0.15, 0.2) is 18.2 Å². The van der Waals surface area contributed by atoms with E-state index in [2.05, 4.69) is 10.6 Å². The van der Waals surface area contributed by atoms with E-state index >= 15 is 0 Å². The molecule has 2 rings (SSSR count). The van der Waals surface area contributed by atoms with Crippen molar-refractivity contribution >= 4 is 12.0 Å². The van der Waals surface area contributed by atoms with E-state index < -0.39 is 17.7 Å². The minimum atomic E-state index is -0.712. The smallest absolute Gasteiger partial charge is 0.408 e. The van der Waals surface area contributed by atoms with Crippen LogP contribution in [0.2, 0.25) is 0 Å². The maximum absolute atomic E-state index is 12.4. The zero-order valence-corrected chi connectivity index (χ0v) is 16.0.